The minimum absolute atomic E-state index is 0.191. The standard InChI is InChI=1S/C49H95O10P/c1-9-11-13-15-17-19-21-23-25-27-29-31-33-35-37-39-42(40-38-36-34-32-30-28-26-24-22-20-18-16-14-12-10-2)55-46(50)44-43-45(58-48(3,4)57-44)47(59-49(5,6)56-43)54-41-60(51,52-7)53-8/h42-45,47H,9-41H2,1-8H3. The highest BCUT2D eigenvalue weighted by Gasteiger charge is 2.57. The highest BCUT2D eigenvalue weighted by Crippen LogP contribution is 2.48. The van der Waals surface area contributed by atoms with E-state index in [-0.39, 0.29) is 12.5 Å². The van der Waals surface area contributed by atoms with E-state index in [1.165, 1.54) is 181 Å². The molecule has 11 heteroatoms. The molecule has 2 rings (SSSR count). The van der Waals surface area contributed by atoms with Crippen LogP contribution in [0.25, 0.3) is 0 Å². The van der Waals surface area contributed by atoms with Gasteiger partial charge in [0.05, 0.1) is 0 Å². The van der Waals surface area contributed by atoms with Crippen LogP contribution in [0.5, 0.6) is 0 Å². The normalized spacial score (nSPS) is 21.4. The second kappa shape index (κ2) is 33.0. The lowest BCUT2D eigenvalue weighted by atomic mass is 9.99. The average molecular weight is 875 g/mol. The molecule has 0 radical (unpaired) electrons. The van der Waals surface area contributed by atoms with Crippen LogP contribution in [0.2, 0.25) is 0 Å². The molecule has 0 amide bonds. The van der Waals surface area contributed by atoms with Crippen LogP contribution in [0.3, 0.4) is 0 Å². The number of ether oxygens (including phenoxy) is 6. The largest absolute Gasteiger partial charge is 0.460 e. The van der Waals surface area contributed by atoms with Crippen LogP contribution in [0, 0.1) is 0 Å². The number of unbranched alkanes of at least 4 members (excludes halogenated alkanes) is 28. The molecule has 0 N–H and O–H groups in total. The Kier molecular flexibility index (Phi) is 30.5. The molecule has 0 aromatic heterocycles. The maximum atomic E-state index is 14.2. The summed E-state index contributed by atoms with van der Waals surface area (Å²) in [6.45, 7) is 11.5. The van der Waals surface area contributed by atoms with E-state index < -0.39 is 49.7 Å². The molecular weight excluding hydrogens is 780 g/mol. The fraction of sp³-hybridized carbons (Fsp3) is 0.980. The topological polar surface area (TPSA) is 108 Å². The molecule has 0 aromatic carbocycles. The molecule has 2 aliphatic rings. The molecule has 10 nitrogen and oxygen atoms in total. The third-order valence-electron chi connectivity index (χ3n) is 12.3. The average Bonchev–Trinajstić information content (AvgIpc) is 3.22. The molecule has 2 saturated heterocycles. The summed E-state index contributed by atoms with van der Waals surface area (Å²) >= 11 is 0. The van der Waals surface area contributed by atoms with Crippen LogP contribution >= 0.6 is 7.60 Å². The van der Waals surface area contributed by atoms with Gasteiger partial charge < -0.3 is 37.5 Å². The van der Waals surface area contributed by atoms with Gasteiger partial charge in [0.1, 0.15) is 18.3 Å². The predicted octanol–water partition coefficient (Wildman–Crippen LogP) is 14.9. The summed E-state index contributed by atoms with van der Waals surface area (Å²) < 4.78 is 60.2. The fourth-order valence-electron chi connectivity index (χ4n) is 8.65. The maximum absolute atomic E-state index is 14.2. The number of fused-ring (bicyclic) bond motifs is 1. The summed E-state index contributed by atoms with van der Waals surface area (Å²) in [5.41, 5.74) is 0. The smallest absolute Gasteiger partial charge is 0.355 e. The summed E-state index contributed by atoms with van der Waals surface area (Å²) in [6, 6.07) is 0. The first-order valence-corrected chi connectivity index (χ1v) is 26.9. The Morgan fingerprint density at radius 3 is 1.20 bits per heavy atom. The first-order chi connectivity index (χ1) is 28.9. The van der Waals surface area contributed by atoms with Gasteiger partial charge >= 0.3 is 13.6 Å². The number of hydrogen-bond donors (Lipinski definition) is 0. The van der Waals surface area contributed by atoms with Gasteiger partial charge in [-0.3, -0.25) is 4.57 Å². The molecule has 0 aliphatic carbocycles. The highest BCUT2D eigenvalue weighted by molar-refractivity contribution is 7.53. The molecule has 0 aromatic rings. The molecular formula is C49H95O10P. The number of esters is 1. The zero-order valence-corrected chi connectivity index (χ0v) is 41.1. The van der Waals surface area contributed by atoms with E-state index in [2.05, 4.69) is 13.8 Å². The Hall–Kier alpha value is -0.580. The Bertz CT molecular complexity index is 1060. The fourth-order valence-corrected chi connectivity index (χ4v) is 9.33. The third-order valence-corrected chi connectivity index (χ3v) is 13.8. The molecule has 4 unspecified atom stereocenters. The SMILES string of the molecule is CCCCCCCCCCCCCCCCCC(CCCCCCCCCCCCCCCCC)OC(=O)C1OC(C)(C)OC2C(OCP(=O)(OC)OC)OC(C)(C)OC12. The molecule has 2 aliphatic heterocycles. The number of hydrogen-bond acceptors (Lipinski definition) is 10. The first kappa shape index (κ1) is 55.6. The first-order valence-electron chi connectivity index (χ1n) is 25.1. The van der Waals surface area contributed by atoms with Gasteiger partial charge in [0, 0.05) is 14.2 Å². The Labute approximate surface area is 369 Å². The number of carbonyl (C=O) groups is 1. The van der Waals surface area contributed by atoms with Crippen molar-refractivity contribution in [3.05, 3.63) is 0 Å². The van der Waals surface area contributed by atoms with Crippen molar-refractivity contribution in [2.24, 2.45) is 0 Å². The molecule has 2 fully saturated rings. The van der Waals surface area contributed by atoms with E-state index >= 15 is 0 Å². The number of rotatable bonds is 39. The Morgan fingerprint density at radius 1 is 0.500 bits per heavy atom. The van der Waals surface area contributed by atoms with Crippen molar-refractivity contribution in [2.75, 3.05) is 20.6 Å². The minimum Gasteiger partial charge on any atom is -0.460 e. The molecule has 2 heterocycles. The van der Waals surface area contributed by atoms with Crippen molar-refractivity contribution < 1.29 is 46.8 Å². The van der Waals surface area contributed by atoms with Crippen LogP contribution in [-0.4, -0.2) is 68.8 Å². The van der Waals surface area contributed by atoms with Gasteiger partial charge in [0.2, 0.25) is 0 Å². The summed E-state index contributed by atoms with van der Waals surface area (Å²) in [5.74, 6) is -2.77. The van der Waals surface area contributed by atoms with Crippen molar-refractivity contribution in [1.82, 2.24) is 0 Å². The van der Waals surface area contributed by atoms with Crippen molar-refractivity contribution in [2.45, 2.75) is 289 Å². The highest BCUT2D eigenvalue weighted by atomic mass is 31.2. The van der Waals surface area contributed by atoms with Crippen LogP contribution in [0.1, 0.15) is 247 Å². The van der Waals surface area contributed by atoms with E-state index in [9.17, 15) is 9.36 Å². The minimum atomic E-state index is -3.51. The molecule has 0 spiro atoms. The van der Waals surface area contributed by atoms with Gasteiger partial charge in [0.25, 0.3) is 0 Å². The third kappa shape index (κ3) is 25.1. The van der Waals surface area contributed by atoms with Crippen molar-refractivity contribution in [3.63, 3.8) is 0 Å². The lowest BCUT2D eigenvalue weighted by molar-refractivity contribution is -0.448. The van der Waals surface area contributed by atoms with E-state index in [1.807, 2.05) is 0 Å². The molecule has 4 atom stereocenters. The van der Waals surface area contributed by atoms with Gasteiger partial charge in [-0.05, 0) is 53.4 Å². The lowest BCUT2D eigenvalue weighted by Crippen LogP contribution is -2.67. The Balaban J connectivity index is 1.88. The quantitative estimate of drug-likeness (QED) is 0.0336. The van der Waals surface area contributed by atoms with E-state index in [4.69, 9.17) is 37.5 Å². The lowest BCUT2D eigenvalue weighted by Gasteiger charge is -2.52. The summed E-state index contributed by atoms with van der Waals surface area (Å²) in [7, 11) is -0.895. The van der Waals surface area contributed by atoms with Gasteiger partial charge in [-0.2, -0.15) is 0 Å². The van der Waals surface area contributed by atoms with E-state index in [0.717, 1.165) is 38.5 Å². The zero-order valence-electron chi connectivity index (χ0n) is 40.3. The van der Waals surface area contributed by atoms with Crippen LogP contribution in [-0.2, 0) is 46.8 Å². The molecule has 0 bridgehead atoms. The van der Waals surface area contributed by atoms with E-state index in [1.54, 1.807) is 27.7 Å². The second-order valence-electron chi connectivity index (χ2n) is 18.8. The van der Waals surface area contributed by atoms with Gasteiger partial charge in [-0.1, -0.05) is 194 Å². The Morgan fingerprint density at radius 2 is 0.833 bits per heavy atom. The summed E-state index contributed by atoms with van der Waals surface area (Å²) in [6.07, 6.45) is 36.9. The zero-order chi connectivity index (χ0) is 44.0. The van der Waals surface area contributed by atoms with Crippen molar-refractivity contribution >= 4 is 13.6 Å². The second-order valence-corrected chi connectivity index (χ2v) is 21.0. The monoisotopic (exact) mass is 875 g/mol. The maximum Gasteiger partial charge on any atom is 0.355 e. The predicted molar refractivity (Wildman–Crippen MR) is 244 cm³/mol. The summed E-state index contributed by atoms with van der Waals surface area (Å²) in [5, 5.41) is 0. The van der Waals surface area contributed by atoms with Crippen molar-refractivity contribution in [3.8, 4) is 0 Å². The van der Waals surface area contributed by atoms with Crippen molar-refractivity contribution in [1.29, 1.82) is 0 Å². The van der Waals surface area contributed by atoms with E-state index in [0.29, 0.717) is 0 Å². The molecule has 0 saturated carbocycles. The van der Waals surface area contributed by atoms with Crippen LogP contribution in [0.4, 0.5) is 0 Å². The van der Waals surface area contributed by atoms with Crippen LogP contribution < -0.4 is 0 Å². The number of carbonyl (C=O) groups excluding carboxylic acids is 1. The molecule has 356 valence electrons. The van der Waals surface area contributed by atoms with Crippen LogP contribution in [0.15, 0.2) is 0 Å². The van der Waals surface area contributed by atoms with Gasteiger partial charge in [0.15, 0.2) is 30.3 Å². The van der Waals surface area contributed by atoms with Gasteiger partial charge in [-0.15, -0.1) is 0 Å². The molecule has 60 heavy (non-hydrogen) atoms. The summed E-state index contributed by atoms with van der Waals surface area (Å²) in [4.78, 5) is 14.2. The van der Waals surface area contributed by atoms with Gasteiger partial charge in [-0.25, -0.2) is 4.79 Å².